The Hall–Kier alpha value is -1.65. The number of rotatable bonds is 5. The van der Waals surface area contributed by atoms with Gasteiger partial charge in [-0.05, 0) is 44.0 Å². The zero-order valence-electron chi connectivity index (χ0n) is 12.8. The molecular formula is C17H23N3O. The molecule has 0 saturated heterocycles. The number of nitrogens with zero attached hydrogens (tertiary/aromatic N) is 2. The van der Waals surface area contributed by atoms with E-state index in [1.807, 2.05) is 6.92 Å². The average molecular weight is 285 g/mol. The van der Waals surface area contributed by atoms with Crippen LogP contribution in [0.25, 0.3) is 0 Å². The van der Waals surface area contributed by atoms with E-state index in [9.17, 15) is 0 Å². The molecule has 1 unspecified atom stereocenters. The second-order valence-corrected chi connectivity index (χ2v) is 5.72. The molecule has 0 spiro atoms. The van der Waals surface area contributed by atoms with Gasteiger partial charge in [0.05, 0.1) is 24.9 Å². The third kappa shape index (κ3) is 3.34. The third-order valence-corrected chi connectivity index (χ3v) is 4.01. The first-order chi connectivity index (χ1) is 10.2. The van der Waals surface area contributed by atoms with Crippen molar-refractivity contribution >= 4 is 0 Å². The summed E-state index contributed by atoms with van der Waals surface area (Å²) in [5.74, 6) is 0. The van der Waals surface area contributed by atoms with Crippen molar-refractivity contribution in [3.05, 3.63) is 52.8 Å². The summed E-state index contributed by atoms with van der Waals surface area (Å²) in [5.41, 5.74) is 5.02. The lowest BCUT2D eigenvalue weighted by Crippen LogP contribution is -2.30. The summed E-state index contributed by atoms with van der Waals surface area (Å²) < 4.78 is 7.75. The Balaban J connectivity index is 1.51. The quantitative estimate of drug-likeness (QED) is 0.859. The highest BCUT2D eigenvalue weighted by atomic mass is 16.5. The number of aryl methyl sites for hydroxylation is 3. The fraction of sp³-hybridized carbons (Fsp3) is 0.471. The van der Waals surface area contributed by atoms with E-state index >= 15 is 0 Å². The molecule has 21 heavy (non-hydrogen) atoms. The normalized spacial score (nSPS) is 17.7. The topological polar surface area (TPSA) is 39.1 Å². The van der Waals surface area contributed by atoms with Crippen LogP contribution in [0.15, 0.2) is 30.3 Å². The van der Waals surface area contributed by atoms with Gasteiger partial charge in [0.1, 0.15) is 0 Å². The van der Waals surface area contributed by atoms with Crippen LogP contribution in [0, 0.1) is 13.8 Å². The second kappa shape index (κ2) is 6.41. The highest BCUT2D eigenvalue weighted by Gasteiger charge is 2.19. The van der Waals surface area contributed by atoms with Crippen LogP contribution in [-0.4, -0.2) is 22.9 Å². The summed E-state index contributed by atoms with van der Waals surface area (Å²) in [6, 6.07) is 11.0. The SMILES string of the molecule is Cc1cc(C)n(CCCNC2COCc3ccccc32)n1. The van der Waals surface area contributed by atoms with E-state index in [0.29, 0.717) is 6.04 Å². The number of ether oxygens (including phenoxy) is 1. The van der Waals surface area contributed by atoms with Gasteiger partial charge in [-0.1, -0.05) is 24.3 Å². The van der Waals surface area contributed by atoms with Crippen LogP contribution in [-0.2, 0) is 17.9 Å². The van der Waals surface area contributed by atoms with Crippen LogP contribution in [0.2, 0.25) is 0 Å². The lowest BCUT2D eigenvalue weighted by atomic mass is 9.99. The van der Waals surface area contributed by atoms with Gasteiger partial charge in [0, 0.05) is 12.2 Å². The summed E-state index contributed by atoms with van der Waals surface area (Å²) in [4.78, 5) is 0. The minimum atomic E-state index is 0.315. The largest absolute Gasteiger partial charge is 0.375 e. The van der Waals surface area contributed by atoms with Crippen LogP contribution in [0.1, 0.15) is 35.0 Å². The van der Waals surface area contributed by atoms with Gasteiger partial charge in [0.25, 0.3) is 0 Å². The average Bonchev–Trinajstić information content (AvgIpc) is 2.82. The molecule has 4 nitrogen and oxygen atoms in total. The van der Waals surface area contributed by atoms with Crippen molar-refractivity contribution in [3.63, 3.8) is 0 Å². The van der Waals surface area contributed by atoms with Crippen LogP contribution >= 0.6 is 0 Å². The second-order valence-electron chi connectivity index (χ2n) is 5.72. The van der Waals surface area contributed by atoms with Gasteiger partial charge < -0.3 is 10.1 Å². The van der Waals surface area contributed by atoms with Crippen LogP contribution in [0.4, 0.5) is 0 Å². The Morgan fingerprint density at radius 3 is 3.00 bits per heavy atom. The molecule has 0 saturated carbocycles. The zero-order chi connectivity index (χ0) is 14.7. The van der Waals surface area contributed by atoms with Crippen LogP contribution in [0.5, 0.6) is 0 Å². The molecule has 4 heteroatoms. The Labute approximate surface area is 126 Å². The van der Waals surface area contributed by atoms with Gasteiger partial charge in [-0.2, -0.15) is 5.10 Å². The molecule has 2 heterocycles. The summed E-state index contributed by atoms with van der Waals surface area (Å²) in [5, 5.41) is 8.10. The third-order valence-electron chi connectivity index (χ3n) is 4.01. The van der Waals surface area contributed by atoms with Crippen molar-refractivity contribution in [1.29, 1.82) is 0 Å². The first kappa shape index (κ1) is 14.3. The van der Waals surface area contributed by atoms with Gasteiger partial charge in [-0.25, -0.2) is 0 Å². The Morgan fingerprint density at radius 2 is 2.19 bits per heavy atom. The highest BCUT2D eigenvalue weighted by Crippen LogP contribution is 2.24. The molecule has 1 aromatic carbocycles. The Bertz CT molecular complexity index is 606. The molecule has 1 aliphatic heterocycles. The van der Waals surface area contributed by atoms with E-state index in [1.54, 1.807) is 0 Å². The van der Waals surface area contributed by atoms with Gasteiger partial charge in [-0.15, -0.1) is 0 Å². The zero-order valence-corrected chi connectivity index (χ0v) is 12.8. The fourth-order valence-electron chi connectivity index (χ4n) is 2.96. The molecule has 112 valence electrons. The number of nitrogens with one attached hydrogen (secondary N) is 1. The van der Waals surface area contributed by atoms with Gasteiger partial charge in [0.15, 0.2) is 0 Å². The maximum absolute atomic E-state index is 5.67. The molecule has 0 aliphatic carbocycles. The van der Waals surface area contributed by atoms with Gasteiger partial charge >= 0.3 is 0 Å². The number of hydrogen-bond donors (Lipinski definition) is 1. The van der Waals surface area contributed by atoms with Crippen LogP contribution in [0.3, 0.4) is 0 Å². The van der Waals surface area contributed by atoms with Crippen molar-refractivity contribution in [3.8, 4) is 0 Å². The predicted molar refractivity (Wildman–Crippen MR) is 83.2 cm³/mol. The minimum absolute atomic E-state index is 0.315. The summed E-state index contributed by atoms with van der Waals surface area (Å²) >= 11 is 0. The highest BCUT2D eigenvalue weighted by molar-refractivity contribution is 5.31. The van der Waals surface area contributed by atoms with E-state index in [0.717, 1.165) is 38.4 Å². The molecule has 0 fully saturated rings. The maximum atomic E-state index is 5.67. The fourth-order valence-corrected chi connectivity index (χ4v) is 2.96. The molecule has 1 aliphatic rings. The van der Waals surface area contributed by atoms with Gasteiger partial charge in [-0.3, -0.25) is 4.68 Å². The molecule has 0 bridgehead atoms. The van der Waals surface area contributed by atoms with Crippen molar-refractivity contribution in [2.75, 3.05) is 13.2 Å². The first-order valence-electron chi connectivity index (χ1n) is 7.64. The minimum Gasteiger partial charge on any atom is -0.375 e. The summed E-state index contributed by atoms with van der Waals surface area (Å²) in [7, 11) is 0. The van der Waals surface area contributed by atoms with Crippen molar-refractivity contribution in [1.82, 2.24) is 15.1 Å². The number of aromatic nitrogens is 2. The Kier molecular flexibility index (Phi) is 4.36. The molecule has 0 radical (unpaired) electrons. The monoisotopic (exact) mass is 285 g/mol. The lowest BCUT2D eigenvalue weighted by molar-refractivity contribution is 0.0820. The van der Waals surface area contributed by atoms with E-state index < -0.39 is 0 Å². The molecule has 1 N–H and O–H groups in total. The molecule has 3 rings (SSSR count). The molecular weight excluding hydrogens is 262 g/mol. The molecule has 1 aromatic heterocycles. The molecule has 0 amide bonds. The summed E-state index contributed by atoms with van der Waals surface area (Å²) in [6.07, 6.45) is 1.07. The van der Waals surface area contributed by atoms with Crippen molar-refractivity contribution in [2.45, 2.75) is 39.5 Å². The van der Waals surface area contributed by atoms with E-state index in [2.05, 4.69) is 52.4 Å². The molecule has 1 atom stereocenters. The van der Waals surface area contributed by atoms with Gasteiger partial charge in [0.2, 0.25) is 0 Å². The number of benzene rings is 1. The van der Waals surface area contributed by atoms with Crippen molar-refractivity contribution in [2.24, 2.45) is 0 Å². The van der Waals surface area contributed by atoms with E-state index in [4.69, 9.17) is 4.74 Å². The lowest BCUT2D eigenvalue weighted by Gasteiger charge is -2.26. The smallest absolute Gasteiger partial charge is 0.0721 e. The van der Waals surface area contributed by atoms with Crippen molar-refractivity contribution < 1.29 is 4.74 Å². The predicted octanol–water partition coefficient (Wildman–Crippen LogP) is 2.75. The maximum Gasteiger partial charge on any atom is 0.0721 e. The number of fused-ring (bicyclic) bond motifs is 1. The first-order valence-corrected chi connectivity index (χ1v) is 7.64. The Morgan fingerprint density at radius 1 is 1.33 bits per heavy atom. The van der Waals surface area contributed by atoms with Crippen LogP contribution < -0.4 is 5.32 Å². The number of hydrogen-bond acceptors (Lipinski definition) is 3. The van der Waals surface area contributed by atoms with E-state index in [1.165, 1.54) is 16.8 Å². The summed E-state index contributed by atoms with van der Waals surface area (Å²) in [6.45, 7) is 7.58. The standard InChI is InChI=1S/C17H23N3O/c1-13-10-14(2)20(19-13)9-5-8-18-17-12-21-11-15-6-3-4-7-16(15)17/h3-4,6-7,10,17-18H,5,8-9,11-12H2,1-2H3. The van der Waals surface area contributed by atoms with E-state index in [-0.39, 0.29) is 0 Å². The molecule has 2 aromatic rings.